The van der Waals surface area contributed by atoms with Crippen LogP contribution in [-0.4, -0.2) is 49.6 Å². The van der Waals surface area contributed by atoms with E-state index in [-0.39, 0.29) is 35.5 Å². The van der Waals surface area contributed by atoms with E-state index in [0.29, 0.717) is 24.5 Å². The van der Waals surface area contributed by atoms with Crippen LogP contribution in [0.2, 0.25) is 0 Å². The van der Waals surface area contributed by atoms with Crippen LogP contribution >= 0.6 is 11.3 Å². The Hall–Kier alpha value is -3.60. The van der Waals surface area contributed by atoms with Crippen molar-refractivity contribution >= 4 is 17.2 Å². The summed E-state index contributed by atoms with van der Waals surface area (Å²) in [4.78, 5) is 19.1. The highest BCUT2D eigenvalue weighted by molar-refractivity contribution is 7.08. The zero-order chi connectivity index (χ0) is 20.7. The van der Waals surface area contributed by atoms with Crippen molar-refractivity contribution in [2.45, 2.75) is 13.1 Å². The smallest absolute Gasteiger partial charge is 0.281 e. The SMILES string of the molecule is COc1ccc(CN2CCn3nnc(-c4nc(-c5ccsc5)no4)c3C2=O)cc1F. The number of methoxy groups -OCH3 is 1. The van der Waals surface area contributed by atoms with E-state index >= 15 is 0 Å². The molecule has 5 rings (SSSR count). The maximum Gasteiger partial charge on any atom is 0.281 e. The molecule has 0 atom stereocenters. The molecule has 0 fully saturated rings. The number of thiophene rings is 1. The maximum absolute atomic E-state index is 14.0. The summed E-state index contributed by atoms with van der Waals surface area (Å²) in [5.41, 5.74) is 1.99. The minimum absolute atomic E-state index is 0.128. The minimum Gasteiger partial charge on any atom is -0.494 e. The van der Waals surface area contributed by atoms with Crippen molar-refractivity contribution in [2.75, 3.05) is 13.7 Å². The molecule has 0 N–H and O–H groups in total. The second-order valence-corrected chi connectivity index (χ2v) is 7.42. The fraction of sp³-hybridized carbons (Fsp3) is 0.211. The van der Waals surface area contributed by atoms with E-state index in [1.54, 1.807) is 17.0 Å². The molecule has 4 aromatic rings. The number of rotatable bonds is 5. The van der Waals surface area contributed by atoms with Crippen LogP contribution in [0.1, 0.15) is 16.1 Å². The predicted molar refractivity (Wildman–Crippen MR) is 104 cm³/mol. The van der Waals surface area contributed by atoms with Crippen molar-refractivity contribution in [2.24, 2.45) is 0 Å². The van der Waals surface area contributed by atoms with Gasteiger partial charge in [-0.2, -0.15) is 16.3 Å². The molecular weight excluding hydrogens is 411 g/mol. The van der Waals surface area contributed by atoms with Crippen LogP contribution in [0.15, 0.2) is 39.5 Å². The van der Waals surface area contributed by atoms with Gasteiger partial charge in [0.1, 0.15) is 0 Å². The molecule has 0 aliphatic carbocycles. The number of nitrogens with zero attached hydrogens (tertiary/aromatic N) is 6. The van der Waals surface area contributed by atoms with Crippen LogP contribution in [0, 0.1) is 5.82 Å². The molecule has 30 heavy (non-hydrogen) atoms. The molecule has 0 spiro atoms. The number of hydrogen-bond donors (Lipinski definition) is 0. The minimum atomic E-state index is -0.473. The lowest BCUT2D eigenvalue weighted by molar-refractivity contribution is 0.0683. The molecule has 0 saturated heterocycles. The number of carbonyl (C=O) groups is 1. The monoisotopic (exact) mass is 426 g/mol. The molecule has 9 nitrogen and oxygen atoms in total. The molecule has 1 aromatic carbocycles. The molecule has 1 aliphatic rings. The van der Waals surface area contributed by atoms with Gasteiger partial charge in [0.05, 0.1) is 13.7 Å². The predicted octanol–water partition coefficient (Wildman–Crippen LogP) is 2.86. The lowest BCUT2D eigenvalue weighted by atomic mass is 10.1. The summed E-state index contributed by atoms with van der Waals surface area (Å²) in [5, 5.41) is 15.9. The van der Waals surface area contributed by atoms with Gasteiger partial charge in [0.2, 0.25) is 5.82 Å². The molecule has 0 saturated carbocycles. The number of fused-ring (bicyclic) bond motifs is 1. The Balaban J connectivity index is 1.42. The van der Waals surface area contributed by atoms with E-state index in [1.165, 1.54) is 29.2 Å². The number of carbonyl (C=O) groups excluding carboxylic acids is 1. The van der Waals surface area contributed by atoms with Crippen molar-refractivity contribution in [3.8, 4) is 28.7 Å². The van der Waals surface area contributed by atoms with Crippen LogP contribution in [0.3, 0.4) is 0 Å². The van der Waals surface area contributed by atoms with E-state index in [0.717, 1.165) is 5.56 Å². The summed E-state index contributed by atoms with van der Waals surface area (Å²) in [6.45, 7) is 1.12. The van der Waals surface area contributed by atoms with Gasteiger partial charge in [-0.25, -0.2) is 9.07 Å². The van der Waals surface area contributed by atoms with Crippen molar-refractivity contribution in [3.05, 3.63) is 52.1 Å². The first kappa shape index (κ1) is 18.4. The van der Waals surface area contributed by atoms with Gasteiger partial charge >= 0.3 is 0 Å². The number of ether oxygens (including phenoxy) is 1. The summed E-state index contributed by atoms with van der Waals surface area (Å²) < 4.78 is 25.8. The Bertz CT molecular complexity index is 1220. The molecule has 0 bridgehead atoms. The van der Waals surface area contributed by atoms with Gasteiger partial charge < -0.3 is 14.2 Å². The third-order valence-corrected chi connectivity index (χ3v) is 5.49. The fourth-order valence-corrected chi connectivity index (χ4v) is 3.93. The normalized spacial score (nSPS) is 13.5. The maximum atomic E-state index is 14.0. The van der Waals surface area contributed by atoms with Gasteiger partial charge in [-0.3, -0.25) is 4.79 Å². The van der Waals surface area contributed by atoms with E-state index in [2.05, 4.69) is 20.5 Å². The number of hydrogen-bond acceptors (Lipinski definition) is 8. The Morgan fingerprint density at radius 2 is 2.20 bits per heavy atom. The number of aromatic nitrogens is 5. The van der Waals surface area contributed by atoms with Gasteiger partial charge in [0.15, 0.2) is 23.0 Å². The first-order valence-corrected chi connectivity index (χ1v) is 10.00. The third-order valence-electron chi connectivity index (χ3n) is 4.80. The van der Waals surface area contributed by atoms with Gasteiger partial charge in [0.25, 0.3) is 11.8 Å². The highest BCUT2D eigenvalue weighted by Crippen LogP contribution is 2.27. The van der Waals surface area contributed by atoms with Crippen LogP contribution in [0.5, 0.6) is 5.75 Å². The third kappa shape index (κ3) is 3.12. The Kier molecular flexibility index (Phi) is 4.51. The van der Waals surface area contributed by atoms with Gasteiger partial charge in [0, 0.05) is 24.0 Å². The van der Waals surface area contributed by atoms with Crippen molar-refractivity contribution in [1.82, 2.24) is 30.0 Å². The van der Waals surface area contributed by atoms with Crippen LogP contribution in [0.4, 0.5) is 4.39 Å². The molecule has 1 aliphatic heterocycles. The average molecular weight is 426 g/mol. The second-order valence-electron chi connectivity index (χ2n) is 6.64. The molecule has 152 valence electrons. The van der Waals surface area contributed by atoms with Gasteiger partial charge in [-0.05, 0) is 29.1 Å². The number of halogens is 1. The lowest BCUT2D eigenvalue weighted by Crippen LogP contribution is -2.40. The van der Waals surface area contributed by atoms with Crippen molar-refractivity contribution in [3.63, 3.8) is 0 Å². The molecular formula is C19H15FN6O3S. The standard InChI is InChI=1S/C19H15FN6O3S/c1-28-14-3-2-11(8-13(14)20)9-25-5-6-26-16(19(25)27)15(22-24-26)18-21-17(23-29-18)12-4-7-30-10-12/h2-4,7-8,10H,5-6,9H2,1H3. The molecule has 1 amide bonds. The van der Waals surface area contributed by atoms with E-state index in [1.807, 2.05) is 16.8 Å². The Labute approximate surface area is 173 Å². The molecule has 11 heteroatoms. The van der Waals surface area contributed by atoms with Gasteiger partial charge in [-0.1, -0.05) is 16.4 Å². The topological polar surface area (TPSA) is 99.2 Å². The van der Waals surface area contributed by atoms with Crippen LogP contribution in [0.25, 0.3) is 23.0 Å². The Morgan fingerprint density at radius 3 is 2.97 bits per heavy atom. The molecule has 0 unspecified atom stereocenters. The first-order valence-electron chi connectivity index (χ1n) is 9.06. The van der Waals surface area contributed by atoms with Crippen molar-refractivity contribution in [1.29, 1.82) is 0 Å². The largest absolute Gasteiger partial charge is 0.494 e. The summed E-state index contributed by atoms with van der Waals surface area (Å²) in [6, 6.07) is 6.51. The number of amides is 1. The number of benzene rings is 1. The van der Waals surface area contributed by atoms with Crippen molar-refractivity contribution < 1.29 is 18.4 Å². The highest BCUT2D eigenvalue weighted by Gasteiger charge is 2.32. The summed E-state index contributed by atoms with van der Waals surface area (Å²) in [7, 11) is 1.41. The quantitative estimate of drug-likeness (QED) is 0.484. The Morgan fingerprint density at radius 1 is 1.30 bits per heavy atom. The zero-order valence-electron chi connectivity index (χ0n) is 15.8. The van der Waals surface area contributed by atoms with E-state index in [4.69, 9.17) is 9.26 Å². The first-order chi connectivity index (χ1) is 14.6. The highest BCUT2D eigenvalue weighted by atomic mass is 32.1. The van der Waals surface area contributed by atoms with Crippen LogP contribution < -0.4 is 4.74 Å². The molecule has 3 aromatic heterocycles. The van der Waals surface area contributed by atoms with Crippen LogP contribution in [-0.2, 0) is 13.1 Å². The molecule has 0 radical (unpaired) electrons. The summed E-state index contributed by atoms with van der Waals surface area (Å²) in [6.07, 6.45) is 0. The molecule has 4 heterocycles. The lowest BCUT2D eigenvalue weighted by Gasteiger charge is -2.27. The van der Waals surface area contributed by atoms with Gasteiger partial charge in [-0.15, -0.1) is 5.10 Å². The van der Waals surface area contributed by atoms with E-state index in [9.17, 15) is 9.18 Å². The summed E-state index contributed by atoms with van der Waals surface area (Å²) in [5.74, 6) is -0.0532. The zero-order valence-corrected chi connectivity index (χ0v) is 16.6. The average Bonchev–Trinajstić information content (AvgIpc) is 3.50. The van der Waals surface area contributed by atoms with E-state index < -0.39 is 5.82 Å². The second kappa shape index (κ2) is 7.34. The summed E-state index contributed by atoms with van der Waals surface area (Å²) >= 11 is 1.52. The fourth-order valence-electron chi connectivity index (χ4n) is 3.30.